The number of hydrogen-bond acceptors (Lipinski definition) is 4. The molecule has 110 valence electrons. The molecule has 0 fully saturated rings. The van der Waals surface area contributed by atoms with Crippen LogP contribution in [0.25, 0.3) is 0 Å². The van der Waals surface area contributed by atoms with Gasteiger partial charge in [0.05, 0.1) is 6.10 Å². The van der Waals surface area contributed by atoms with Gasteiger partial charge in [-0.2, -0.15) is 0 Å². The number of phosphoric ester groups is 1. The van der Waals surface area contributed by atoms with Crippen molar-refractivity contribution in [2.45, 2.75) is 27.5 Å². The summed E-state index contributed by atoms with van der Waals surface area (Å²) in [7, 11) is -3.98. The normalized spacial score (nSPS) is 14.3. The van der Waals surface area contributed by atoms with Gasteiger partial charge < -0.3 is 0 Å². The Balaban J connectivity index is 4.58. The second kappa shape index (κ2) is 7.74. The van der Waals surface area contributed by atoms with Gasteiger partial charge in [-0.25, -0.2) is 4.57 Å². The lowest BCUT2D eigenvalue weighted by molar-refractivity contribution is 0.0931. The van der Waals surface area contributed by atoms with Crippen molar-refractivity contribution in [3.05, 3.63) is 0 Å². The van der Waals surface area contributed by atoms with Crippen molar-refractivity contribution in [1.82, 2.24) is 0 Å². The Morgan fingerprint density at radius 1 is 0.944 bits per heavy atom. The predicted molar refractivity (Wildman–Crippen MR) is 76.3 cm³/mol. The lowest BCUT2D eigenvalue weighted by Gasteiger charge is -2.23. The smallest absolute Gasteiger partial charge is 0.284 e. The van der Waals surface area contributed by atoms with Crippen LogP contribution in [0.2, 0.25) is 0 Å². The summed E-state index contributed by atoms with van der Waals surface area (Å²) in [4.78, 5) is 0. The highest BCUT2D eigenvalue weighted by Gasteiger charge is 2.35. The van der Waals surface area contributed by atoms with E-state index in [0.717, 1.165) is 0 Å². The minimum Gasteiger partial charge on any atom is -0.284 e. The monoisotopic (exact) mass is 400 g/mol. The number of rotatable bonds is 6. The van der Waals surface area contributed by atoms with Gasteiger partial charge in [-0.05, 0) is 13.8 Å². The van der Waals surface area contributed by atoms with Crippen LogP contribution in [0.4, 0.5) is 0 Å². The van der Waals surface area contributed by atoms with Gasteiger partial charge in [0.25, 0.3) is 0 Å². The van der Waals surface area contributed by atoms with Gasteiger partial charge in [0.1, 0.15) is 13.2 Å². The minimum absolute atomic E-state index is 0.457. The molecule has 0 bridgehead atoms. The molecule has 0 radical (unpaired) electrons. The molecule has 0 saturated carbocycles. The molecule has 0 aliphatic carbocycles. The zero-order valence-electron chi connectivity index (χ0n) is 9.34. The van der Waals surface area contributed by atoms with Gasteiger partial charge in [-0.3, -0.25) is 13.6 Å². The van der Waals surface area contributed by atoms with E-state index in [1.165, 1.54) is 0 Å². The number of phosphoric acid groups is 1. The zero-order chi connectivity index (χ0) is 14.6. The molecule has 0 saturated heterocycles. The molecule has 0 heterocycles. The summed E-state index contributed by atoms with van der Waals surface area (Å²) in [5.41, 5.74) is 0. The van der Waals surface area contributed by atoms with E-state index in [4.69, 9.17) is 83.2 Å². The molecule has 11 heteroatoms. The van der Waals surface area contributed by atoms with Crippen LogP contribution in [-0.2, 0) is 18.1 Å². The van der Waals surface area contributed by atoms with Crippen molar-refractivity contribution in [3.8, 4) is 0 Å². The highest BCUT2D eigenvalue weighted by molar-refractivity contribution is 7.48. The van der Waals surface area contributed by atoms with E-state index < -0.39 is 34.7 Å². The second-order valence-electron chi connectivity index (χ2n) is 3.38. The van der Waals surface area contributed by atoms with Crippen molar-refractivity contribution < 1.29 is 18.1 Å². The van der Waals surface area contributed by atoms with Gasteiger partial charge in [-0.1, -0.05) is 69.6 Å². The first kappa shape index (κ1) is 19.9. The van der Waals surface area contributed by atoms with Crippen LogP contribution in [0.15, 0.2) is 0 Å². The van der Waals surface area contributed by atoms with Gasteiger partial charge in [0, 0.05) is 0 Å². The van der Waals surface area contributed by atoms with E-state index in [1.54, 1.807) is 13.8 Å². The predicted octanol–water partition coefficient (Wildman–Crippen LogP) is 5.29. The molecular formula is C7H11Cl6O4P. The van der Waals surface area contributed by atoms with E-state index in [1.807, 2.05) is 0 Å². The van der Waals surface area contributed by atoms with Crippen molar-refractivity contribution in [1.29, 1.82) is 0 Å². The molecule has 0 atom stereocenters. The molecule has 0 unspecified atom stereocenters. The third kappa shape index (κ3) is 11.7. The Bertz CT molecular complexity index is 277. The summed E-state index contributed by atoms with van der Waals surface area (Å²) in [5, 5.41) is 0. The summed E-state index contributed by atoms with van der Waals surface area (Å²) >= 11 is 32.8. The van der Waals surface area contributed by atoms with Crippen LogP contribution in [-0.4, -0.2) is 26.9 Å². The van der Waals surface area contributed by atoms with E-state index in [0.29, 0.717) is 0 Å². The number of alkyl halides is 6. The van der Waals surface area contributed by atoms with Gasteiger partial charge in [-0.15, -0.1) is 0 Å². The molecule has 0 amide bonds. The maximum atomic E-state index is 12.1. The standard InChI is InChI=1S/C7H11Cl6O4P/c1-5(2)17-18(14,15-3-6(8,9)10)16-4-7(11,12)13/h5H,3-4H2,1-2H3. The zero-order valence-corrected chi connectivity index (χ0v) is 14.8. The quantitative estimate of drug-likeness (QED) is 0.447. The van der Waals surface area contributed by atoms with Crippen molar-refractivity contribution in [2.24, 2.45) is 0 Å². The second-order valence-corrected chi connectivity index (χ2v) is 10.0. The highest BCUT2D eigenvalue weighted by atomic mass is 35.6. The Kier molecular flexibility index (Phi) is 8.54. The Hall–Kier alpha value is 1.85. The van der Waals surface area contributed by atoms with E-state index >= 15 is 0 Å². The fourth-order valence-electron chi connectivity index (χ4n) is 0.661. The summed E-state index contributed by atoms with van der Waals surface area (Å²) in [6, 6.07) is 0. The maximum Gasteiger partial charge on any atom is 0.475 e. The molecule has 0 aliphatic heterocycles. The average Bonchev–Trinajstić information content (AvgIpc) is 2.09. The molecule has 4 nitrogen and oxygen atoms in total. The van der Waals surface area contributed by atoms with Gasteiger partial charge >= 0.3 is 7.82 Å². The van der Waals surface area contributed by atoms with Crippen LogP contribution < -0.4 is 0 Å². The first-order valence-electron chi connectivity index (χ1n) is 4.54. The molecule has 0 rings (SSSR count). The molecule has 0 N–H and O–H groups in total. The Labute approximate surface area is 136 Å². The van der Waals surface area contributed by atoms with Crippen LogP contribution in [0, 0.1) is 0 Å². The molecule has 0 spiro atoms. The highest BCUT2D eigenvalue weighted by Crippen LogP contribution is 2.53. The fourth-order valence-corrected chi connectivity index (χ4v) is 2.86. The van der Waals surface area contributed by atoms with Crippen LogP contribution in [0.3, 0.4) is 0 Å². The lowest BCUT2D eigenvalue weighted by Crippen LogP contribution is -2.18. The molecule has 0 aromatic carbocycles. The fraction of sp³-hybridized carbons (Fsp3) is 1.00. The lowest BCUT2D eigenvalue weighted by atomic mass is 10.5. The molecule has 0 aliphatic rings. The molecule has 0 aromatic heterocycles. The largest absolute Gasteiger partial charge is 0.475 e. The minimum atomic E-state index is -3.98. The Morgan fingerprint density at radius 3 is 1.50 bits per heavy atom. The number of halogens is 6. The van der Waals surface area contributed by atoms with Gasteiger partial charge in [0.15, 0.2) is 0 Å². The SMILES string of the molecule is CC(C)OP(=O)(OCC(Cl)(Cl)Cl)OCC(Cl)(Cl)Cl. The van der Waals surface area contributed by atoms with E-state index in [-0.39, 0.29) is 0 Å². The third-order valence-electron chi connectivity index (χ3n) is 1.11. The Morgan fingerprint density at radius 2 is 1.28 bits per heavy atom. The van der Waals surface area contributed by atoms with Crippen molar-refractivity contribution in [2.75, 3.05) is 13.2 Å². The first-order valence-corrected chi connectivity index (χ1v) is 8.27. The summed E-state index contributed by atoms with van der Waals surface area (Å²) < 4.78 is 23.2. The topological polar surface area (TPSA) is 44.8 Å². The summed E-state index contributed by atoms with van der Waals surface area (Å²) in [6.07, 6.45) is -0.457. The van der Waals surface area contributed by atoms with Crippen molar-refractivity contribution >= 4 is 77.4 Å². The van der Waals surface area contributed by atoms with Crippen LogP contribution in [0.1, 0.15) is 13.8 Å². The number of hydrogen-bond donors (Lipinski definition) is 0. The summed E-state index contributed by atoms with van der Waals surface area (Å²) in [6.45, 7) is 2.23. The summed E-state index contributed by atoms with van der Waals surface area (Å²) in [5.74, 6) is 0. The third-order valence-corrected chi connectivity index (χ3v) is 3.34. The maximum absolute atomic E-state index is 12.1. The van der Waals surface area contributed by atoms with Crippen LogP contribution in [0.5, 0.6) is 0 Å². The molecular weight excluding hydrogens is 392 g/mol. The molecule has 0 aromatic rings. The van der Waals surface area contributed by atoms with Crippen molar-refractivity contribution in [3.63, 3.8) is 0 Å². The van der Waals surface area contributed by atoms with Crippen LogP contribution >= 0.6 is 77.4 Å². The molecule has 18 heavy (non-hydrogen) atoms. The van der Waals surface area contributed by atoms with Gasteiger partial charge in [0.2, 0.25) is 7.59 Å². The average molecular weight is 403 g/mol. The van der Waals surface area contributed by atoms with E-state index in [9.17, 15) is 4.57 Å². The van der Waals surface area contributed by atoms with E-state index in [2.05, 4.69) is 0 Å². The first-order chi connectivity index (χ1) is 7.83.